The van der Waals surface area contributed by atoms with Gasteiger partial charge in [0.2, 0.25) is 0 Å². The summed E-state index contributed by atoms with van der Waals surface area (Å²) in [5, 5.41) is 19.7. The highest BCUT2D eigenvalue weighted by molar-refractivity contribution is 6.07. The maximum Gasteiger partial charge on any atom is 0.420 e. The van der Waals surface area contributed by atoms with Crippen LogP contribution in [0.25, 0.3) is 0 Å². The summed E-state index contributed by atoms with van der Waals surface area (Å²) >= 11 is 0. The largest absolute Gasteiger partial charge is 0.435 e. The Morgan fingerprint density at radius 3 is 2.48 bits per heavy atom. The van der Waals surface area contributed by atoms with Crippen molar-refractivity contribution in [1.82, 2.24) is 0 Å². The van der Waals surface area contributed by atoms with Crippen LogP contribution in [-0.4, -0.2) is 36.0 Å². The zero-order valence-corrected chi connectivity index (χ0v) is 13.4. The summed E-state index contributed by atoms with van der Waals surface area (Å²) in [6, 6.07) is 8.75. The van der Waals surface area contributed by atoms with Gasteiger partial charge in [0.25, 0.3) is 0 Å². The minimum Gasteiger partial charge on any atom is -0.435 e. The SMILES string of the molecule is N=C(c1cc(C=O)ccc1Nc1cccc(OC(F)F)c1)C(O)C(F)(F)F. The van der Waals surface area contributed by atoms with E-state index >= 15 is 0 Å². The molecule has 0 saturated heterocycles. The highest BCUT2D eigenvalue weighted by atomic mass is 19.4. The van der Waals surface area contributed by atoms with E-state index in [2.05, 4.69) is 10.1 Å². The van der Waals surface area contributed by atoms with Crippen LogP contribution in [0.15, 0.2) is 42.5 Å². The highest BCUT2D eigenvalue weighted by Gasteiger charge is 2.42. The number of aliphatic hydroxyl groups is 1. The molecule has 10 heteroatoms. The number of benzene rings is 2. The van der Waals surface area contributed by atoms with Crippen molar-refractivity contribution < 1.29 is 36.6 Å². The van der Waals surface area contributed by atoms with Crippen molar-refractivity contribution in [1.29, 1.82) is 5.41 Å². The van der Waals surface area contributed by atoms with Gasteiger partial charge >= 0.3 is 12.8 Å². The van der Waals surface area contributed by atoms with Crippen molar-refractivity contribution in [3.05, 3.63) is 53.6 Å². The normalized spacial score (nSPS) is 12.6. The summed E-state index contributed by atoms with van der Waals surface area (Å²) in [5.74, 6) is -0.188. The zero-order valence-electron chi connectivity index (χ0n) is 13.4. The van der Waals surface area contributed by atoms with Crippen LogP contribution in [0, 0.1) is 5.41 Å². The van der Waals surface area contributed by atoms with Gasteiger partial charge in [-0.25, -0.2) is 0 Å². The lowest BCUT2D eigenvalue weighted by Gasteiger charge is -2.19. The molecule has 0 aliphatic rings. The Balaban J connectivity index is 2.40. The van der Waals surface area contributed by atoms with Crippen LogP contribution in [0.1, 0.15) is 15.9 Å². The summed E-state index contributed by atoms with van der Waals surface area (Å²) in [7, 11) is 0. The van der Waals surface area contributed by atoms with Crippen LogP contribution in [0.2, 0.25) is 0 Å². The molecular formula is C17H13F5N2O3. The number of halogens is 5. The number of anilines is 2. The maximum absolute atomic E-state index is 12.7. The standard InChI is InChI=1S/C17H13F5N2O3/c18-16(19)27-11-3-1-2-10(7-11)24-13-5-4-9(8-25)6-12(13)14(23)15(26)17(20,21)22/h1-8,15-16,23-24,26H. The number of ether oxygens (including phenoxy) is 1. The third kappa shape index (κ3) is 5.23. The molecule has 0 aliphatic carbocycles. The minimum atomic E-state index is -5.07. The molecule has 5 nitrogen and oxygen atoms in total. The van der Waals surface area contributed by atoms with E-state index in [4.69, 9.17) is 5.41 Å². The Kier molecular flexibility index (Phi) is 6.11. The predicted molar refractivity (Wildman–Crippen MR) is 87.1 cm³/mol. The molecule has 0 amide bonds. The van der Waals surface area contributed by atoms with Crippen molar-refractivity contribution in [2.45, 2.75) is 18.9 Å². The molecule has 3 N–H and O–H groups in total. The van der Waals surface area contributed by atoms with Gasteiger partial charge in [0.15, 0.2) is 6.10 Å². The van der Waals surface area contributed by atoms with E-state index in [1.54, 1.807) is 0 Å². The number of carbonyl (C=O) groups is 1. The monoisotopic (exact) mass is 388 g/mol. The third-order valence-corrected chi connectivity index (χ3v) is 3.39. The molecule has 2 rings (SSSR count). The molecule has 1 atom stereocenters. The molecule has 144 valence electrons. The van der Waals surface area contributed by atoms with Crippen molar-refractivity contribution in [3.8, 4) is 5.75 Å². The number of nitrogens with one attached hydrogen (secondary N) is 2. The van der Waals surface area contributed by atoms with Crippen molar-refractivity contribution in [2.75, 3.05) is 5.32 Å². The number of aliphatic hydroxyl groups excluding tert-OH is 1. The summed E-state index contributed by atoms with van der Waals surface area (Å²) < 4.78 is 67.0. The molecule has 0 fully saturated rings. The first kappa shape index (κ1) is 20.3. The molecule has 0 saturated carbocycles. The van der Waals surface area contributed by atoms with Gasteiger partial charge in [-0.2, -0.15) is 22.0 Å². The number of aldehydes is 1. The highest BCUT2D eigenvalue weighted by Crippen LogP contribution is 2.29. The average molecular weight is 388 g/mol. The van der Waals surface area contributed by atoms with E-state index in [9.17, 15) is 31.9 Å². The molecule has 0 bridgehead atoms. The van der Waals surface area contributed by atoms with Gasteiger partial charge in [0.05, 0.1) is 5.71 Å². The first-order valence-corrected chi connectivity index (χ1v) is 7.36. The fourth-order valence-corrected chi connectivity index (χ4v) is 2.18. The fourth-order valence-electron chi connectivity index (χ4n) is 2.18. The van der Waals surface area contributed by atoms with Crippen LogP contribution in [0.3, 0.4) is 0 Å². The van der Waals surface area contributed by atoms with Crippen molar-refractivity contribution in [3.63, 3.8) is 0 Å². The van der Waals surface area contributed by atoms with Crippen LogP contribution in [-0.2, 0) is 0 Å². The van der Waals surface area contributed by atoms with Crippen LogP contribution in [0.4, 0.5) is 33.3 Å². The predicted octanol–water partition coefficient (Wildman–Crippen LogP) is 4.14. The topological polar surface area (TPSA) is 82.4 Å². The second-order valence-electron chi connectivity index (χ2n) is 5.31. The van der Waals surface area contributed by atoms with Gasteiger partial charge in [0, 0.05) is 28.6 Å². The average Bonchev–Trinajstić information content (AvgIpc) is 2.59. The van der Waals surface area contributed by atoms with Crippen molar-refractivity contribution in [2.24, 2.45) is 0 Å². The molecule has 0 aliphatic heterocycles. The fraction of sp³-hybridized carbons (Fsp3) is 0.176. The first-order valence-electron chi connectivity index (χ1n) is 7.36. The van der Waals surface area contributed by atoms with E-state index < -0.39 is 24.6 Å². The Hall–Kier alpha value is -3.01. The third-order valence-electron chi connectivity index (χ3n) is 3.39. The van der Waals surface area contributed by atoms with Crippen LogP contribution >= 0.6 is 0 Å². The van der Waals surface area contributed by atoms with E-state index in [1.165, 1.54) is 36.4 Å². The molecule has 1 unspecified atom stereocenters. The summed E-state index contributed by atoms with van der Waals surface area (Å²) in [6.07, 6.45) is -7.76. The van der Waals surface area contributed by atoms with Gasteiger partial charge in [-0.05, 0) is 30.3 Å². The number of alkyl halides is 5. The first-order chi connectivity index (χ1) is 12.6. The van der Waals surface area contributed by atoms with Gasteiger partial charge < -0.3 is 20.6 Å². The lowest BCUT2D eigenvalue weighted by atomic mass is 10.00. The zero-order chi connectivity index (χ0) is 20.2. The second-order valence-corrected chi connectivity index (χ2v) is 5.31. The van der Waals surface area contributed by atoms with Crippen LogP contribution < -0.4 is 10.1 Å². The van der Waals surface area contributed by atoms with Gasteiger partial charge in [-0.15, -0.1) is 0 Å². The van der Waals surface area contributed by atoms with Gasteiger partial charge in [-0.3, -0.25) is 4.79 Å². The number of rotatable bonds is 7. The lowest BCUT2D eigenvalue weighted by Crippen LogP contribution is -2.36. The second kappa shape index (κ2) is 8.12. The van der Waals surface area contributed by atoms with E-state index in [-0.39, 0.29) is 28.3 Å². The van der Waals surface area contributed by atoms with Crippen molar-refractivity contribution >= 4 is 23.4 Å². The lowest BCUT2D eigenvalue weighted by molar-refractivity contribution is -0.181. The quantitative estimate of drug-likeness (QED) is 0.378. The maximum atomic E-state index is 12.7. The Morgan fingerprint density at radius 1 is 1.19 bits per heavy atom. The molecule has 0 heterocycles. The summed E-state index contributed by atoms with van der Waals surface area (Å²) in [4.78, 5) is 10.9. The minimum absolute atomic E-state index is 0.00976. The molecular weight excluding hydrogens is 375 g/mol. The Labute approximate surface area is 149 Å². The number of carbonyl (C=O) groups excluding carboxylic acids is 1. The molecule has 2 aromatic carbocycles. The number of hydrogen-bond donors (Lipinski definition) is 3. The number of hydrogen-bond acceptors (Lipinski definition) is 5. The molecule has 2 aromatic rings. The van der Waals surface area contributed by atoms with E-state index in [1.807, 2.05) is 0 Å². The van der Waals surface area contributed by atoms with Gasteiger partial charge in [0.1, 0.15) is 12.0 Å². The van der Waals surface area contributed by atoms with E-state index in [0.29, 0.717) is 6.29 Å². The van der Waals surface area contributed by atoms with Crippen LogP contribution in [0.5, 0.6) is 5.75 Å². The molecule has 27 heavy (non-hydrogen) atoms. The van der Waals surface area contributed by atoms with E-state index in [0.717, 1.165) is 6.07 Å². The van der Waals surface area contributed by atoms with Gasteiger partial charge in [-0.1, -0.05) is 6.07 Å². The summed E-state index contributed by atoms with van der Waals surface area (Å²) in [6.45, 7) is -3.06. The molecule has 0 aromatic heterocycles. The molecule has 0 spiro atoms. The molecule has 0 radical (unpaired) electrons. The summed E-state index contributed by atoms with van der Waals surface area (Å²) in [5.41, 5.74) is -1.41. The Morgan fingerprint density at radius 2 is 1.89 bits per heavy atom. The Bertz CT molecular complexity index is 840. The smallest absolute Gasteiger partial charge is 0.420 e.